The van der Waals surface area contributed by atoms with Gasteiger partial charge in [-0.15, -0.1) is 0 Å². The molecule has 0 radical (unpaired) electrons. The summed E-state index contributed by atoms with van der Waals surface area (Å²) in [5, 5.41) is 3.30. The molecule has 1 aliphatic heterocycles. The van der Waals surface area contributed by atoms with Gasteiger partial charge >= 0.3 is 0 Å². The largest absolute Gasteiger partial charge is 0.370 e. The van der Waals surface area contributed by atoms with Gasteiger partial charge in [0, 0.05) is 30.4 Å². The third-order valence-electron chi connectivity index (χ3n) is 4.05. The Balaban J connectivity index is 2.28. The molecule has 1 saturated heterocycles. The Kier molecular flexibility index (Phi) is 5.21. The molecule has 1 fully saturated rings. The Bertz CT molecular complexity index is 499. The Hall–Kier alpha value is -1.58. The van der Waals surface area contributed by atoms with E-state index in [0.717, 1.165) is 49.4 Å². The van der Waals surface area contributed by atoms with Crippen molar-refractivity contribution in [2.24, 2.45) is 0 Å². The smallest absolute Gasteiger partial charge is 0.254 e. The number of anilines is 1. The van der Waals surface area contributed by atoms with Crippen molar-refractivity contribution in [3.05, 3.63) is 23.4 Å². The number of hydrogen-bond acceptors (Lipinski definition) is 3. The fourth-order valence-corrected chi connectivity index (χ4v) is 2.72. The summed E-state index contributed by atoms with van der Waals surface area (Å²) in [6.07, 6.45) is 3.25. The highest BCUT2D eigenvalue weighted by Gasteiger charge is 2.26. The zero-order chi connectivity index (χ0) is 15.4. The van der Waals surface area contributed by atoms with Gasteiger partial charge in [-0.2, -0.15) is 0 Å². The van der Waals surface area contributed by atoms with E-state index in [4.69, 9.17) is 0 Å². The van der Waals surface area contributed by atoms with Crippen LogP contribution >= 0.6 is 0 Å². The molecule has 4 heteroatoms. The summed E-state index contributed by atoms with van der Waals surface area (Å²) in [7, 11) is 0. The van der Waals surface area contributed by atoms with E-state index in [2.05, 4.69) is 38.0 Å². The van der Waals surface area contributed by atoms with Crippen LogP contribution < -0.4 is 5.32 Å². The number of rotatable bonds is 5. The minimum absolute atomic E-state index is 0.142. The van der Waals surface area contributed by atoms with E-state index >= 15 is 0 Å². The van der Waals surface area contributed by atoms with Crippen molar-refractivity contribution < 1.29 is 4.79 Å². The molecule has 2 heterocycles. The fourth-order valence-electron chi connectivity index (χ4n) is 2.72. The highest BCUT2D eigenvalue weighted by molar-refractivity contribution is 5.95. The lowest BCUT2D eigenvalue weighted by Gasteiger charge is -2.22. The van der Waals surface area contributed by atoms with Gasteiger partial charge < -0.3 is 10.2 Å². The van der Waals surface area contributed by atoms with Gasteiger partial charge in [-0.3, -0.25) is 4.79 Å². The van der Waals surface area contributed by atoms with Crippen molar-refractivity contribution in [3.63, 3.8) is 0 Å². The number of carbonyl (C=O) groups is 1. The molecule has 2 rings (SSSR count). The second kappa shape index (κ2) is 6.92. The first-order valence-electron chi connectivity index (χ1n) is 8.09. The average Bonchev–Trinajstić information content (AvgIpc) is 2.90. The molecule has 1 atom stereocenters. The third kappa shape index (κ3) is 3.74. The van der Waals surface area contributed by atoms with Crippen molar-refractivity contribution in [2.75, 3.05) is 18.4 Å². The minimum Gasteiger partial charge on any atom is -0.370 e. The molecule has 1 aliphatic rings. The second-order valence-electron chi connectivity index (χ2n) is 6.24. The van der Waals surface area contributed by atoms with Crippen molar-refractivity contribution >= 4 is 11.7 Å². The maximum atomic E-state index is 12.7. The van der Waals surface area contributed by atoms with Gasteiger partial charge in [0.15, 0.2) is 0 Å². The SMILES string of the molecule is CCCNc1cc(C(=O)N2CCCC2C)cc(C(C)C)n1. The van der Waals surface area contributed by atoms with E-state index in [9.17, 15) is 4.79 Å². The Labute approximate surface area is 127 Å². The van der Waals surface area contributed by atoms with Gasteiger partial charge in [0.1, 0.15) is 5.82 Å². The van der Waals surface area contributed by atoms with E-state index in [1.165, 1.54) is 0 Å². The first-order valence-corrected chi connectivity index (χ1v) is 8.09. The van der Waals surface area contributed by atoms with Crippen molar-refractivity contribution in [3.8, 4) is 0 Å². The number of nitrogens with zero attached hydrogens (tertiary/aromatic N) is 2. The van der Waals surface area contributed by atoms with Crippen LogP contribution in [0.4, 0.5) is 5.82 Å². The summed E-state index contributed by atoms with van der Waals surface area (Å²) in [4.78, 5) is 19.3. The Morgan fingerprint density at radius 3 is 2.81 bits per heavy atom. The van der Waals surface area contributed by atoms with E-state index in [1.54, 1.807) is 0 Å². The predicted molar refractivity (Wildman–Crippen MR) is 86.8 cm³/mol. The summed E-state index contributed by atoms with van der Waals surface area (Å²) in [6.45, 7) is 10.2. The molecule has 1 amide bonds. The van der Waals surface area contributed by atoms with Gasteiger partial charge in [0.25, 0.3) is 5.91 Å². The molecule has 1 aromatic heterocycles. The highest BCUT2D eigenvalue weighted by atomic mass is 16.2. The summed E-state index contributed by atoms with van der Waals surface area (Å²) in [5.74, 6) is 1.28. The molecular formula is C17H27N3O. The molecule has 4 nitrogen and oxygen atoms in total. The maximum Gasteiger partial charge on any atom is 0.254 e. The molecule has 1 aromatic rings. The molecule has 0 bridgehead atoms. The van der Waals surface area contributed by atoms with E-state index in [-0.39, 0.29) is 5.91 Å². The van der Waals surface area contributed by atoms with Crippen LogP contribution in [-0.2, 0) is 0 Å². The van der Waals surface area contributed by atoms with E-state index < -0.39 is 0 Å². The number of amides is 1. The molecule has 1 unspecified atom stereocenters. The first kappa shape index (κ1) is 15.8. The van der Waals surface area contributed by atoms with Crippen molar-refractivity contribution in [1.82, 2.24) is 9.88 Å². The average molecular weight is 289 g/mol. The first-order chi connectivity index (χ1) is 10.0. The van der Waals surface area contributed by atoms with Gasteiger partial charge in [-0.05, 0) is 44.2 Å². The number of nitrogens with one attached hydrogen (secondary N) is 1. The number of likely N-dealkylation sites (tertiary alicyclic amines) is 1. The fraction of sp³-hybridized carbons (Fsp3) is 0.647. The van der Waals surface area contributed by atoms with Crippen LogP contribution in [0, 0.1) is 0 Å². The lowest BCUT2D eigenvalue weighted by Crippen LogP contribution is -2.33. The van der Waals surface area contributed by atoms with Crippen LogP contribution in [0.3, 0.4) is 0 Å². The Morgan fingerprint density at radius 2 is 2.24 bits per heavy atom. The second-order valence-corrected chi connectivity index (χ2v) is 6.24. The summed E-state index contributed by atoms with van der Waals surface area (Å²) in [5.41, 5.74) is 1.74. The predicted octanol–water partition coefficient (Wildman–Crippen LogP) is 3.65. The normalized spacial score (nSPS) is 18.3. The monoisotopic (exact) mass is 289 g/mol. The van der Waals surface area contributed by atoms with Crippen LogP contribution in [0.15, 0.2) is 12.1 Å². The molecule has 21 heavy (non-hydrogen) atoms. The number of pyridine rings is 1. The van der Waals surface area contributed by atoms with Crippen LogP contribution in [0.1, 0.15) is 68.9 Å². The number of hydrogen-bond donors (Lipinski definition) is 1. The van der Waals surface area contributed by atoms with Crippen molar-refractivity contribution in [2.45, 2.75) is 58.9 Å². The van der Waals surface area contributed by atoms with Gasteiger partial charge in [0.05, 0.1) is 0 Å². The van der Waals surface area contributed by atoms with Crippen LogP contribution in [0.5, 0.6) is 0 Å². The molecule has 0 aliphatic carbocycles. The zero-order valence-electron chi connectivity index (χ0n) is 13.6. The zero-order valence-corrected chi connectivity index (χ0v) is 13.6. The lowest BCUT2D eigenvalue weighted by atomic mass is 10.1. The molecule has 0 aromatic carbocycles. The van der Waals surface area contributed by atoms with Crippen LogP contribution in [-0.4, -0.2) is 34.9 Å². The summed E-state index contributed by atoms with van der Waals surface area (Å²) < 4.78 is 0. The third-order valence-corrected chi connectivity index (χ3v) is 4.05. The number of aromatic nitrogens is 1. The summed E-state index contributed by atoms with van der Waals surface area (Å²) in [6, 6.07) is 4.20. The molecule has 116 valence electrons. The van der Waals surface area contributed by atoms with Gasteiger partial charge in [-0.1, -0.05) is 20.8 Å². The molecule has 0 spiro atoms. The van der Waals surface area contributed by atoms with Gasteiger partial charge in [-0.25, -0.2) is 4.98 Å². The molecule has 0 saturated carbocycles. The van der Waals surface area contributed by atoms with E-state index in [1.807, 2.05) is 17.0 Å². The quantitative estimate of drug-likeness (QED) is 0.900. The maximum absolute atomic E-state index is 12.7. The molecular weight excluding hydrogens is 262 g/mol. The lowest BCUT2D eigenvalue weighted by molar-refractivity contribution is 0.0747. The van der Waals surface area contributed by atoms with Crippen LogP contribution in [0.25, 0.3) is 0 Å². The van der Waals surface area contributed by atoms with Crippen LogP contribution in [0.2, 0.25) is 0 Å². The summed E-state index contributed by atoms with van der Waals surface area (Å²) >= 11 is 0. The standard InChI is InChI=1S/C17H27N3O/c1-5-8-18-16-11-14(10-15(19-16)12(2)3)17(21)20-9-6-7-13(20)4/h10-13H,5-9H2,1-4H3,(H,18,19). The number of carbonyl (C=O) groups excluding carboxylic acids is 1. The Morgan fingerprint density at radius 1 is 1.48 bits per heavy atom. The van der Waals surface area contributed by atoms with E-state index in [0.29, 0.717) is 12.0 Å². The minimum atomic E-state index is 0.142. The highest BCUT2D eigenvalue weighted by Crippen LogP contribution is 2.23. The van der Waals surface area contributed by atoms with Crippen molar-refractivity contribution in [1.29, 1.82) is 0 Å². The topological polar surface area (TPSA) is 45.2 Å². The molecule has 1 N–H and O–H groups in total. The van der Waals surface area contributed by atoms with Gasteiger partial charge in [0.2, 0.25) is 0 Å².